The molecule has 1 heterocycles. The van der Waals surface area contributed by atoms with Gasteiger partial charge in [-0.1, -0.05) is 0 Å². The molecular weight excluding hydrogens is 168 g/mol. The van der Waals surface area contributed by atoms with Crippen molar-refractivity contribution in [3.63, 3.8) is 0 Å². The molecule has 1 aliphatic heterocycles. The third-order valence-corrected chi connectivity index (χ3v) is 3.17. The minimum atomic E-state index is -1.22. The highest BCUT2D eigenvalue weighted by molar-refractivity contribution is 7.92. The highest BCUT2D eigenvalue weighted by Crippen LogP contribution is 2.11. The van der Waals surface area contributed by atoms with Crippen molar-refractivity contribution in [3.05, 3.63) is 0 Å². The van der Waals surface area contributed by atoms with Gasteiger partial charge in [-0.15, -0.1) is 4.72 Å². The Morgan fingerprint density at radius 2 is 2.64 bits per heavy atom. The van der Waals surface area contributed by atoms with Crippen molar-refractivity contribution >= 4 is 17.4 Å². The van der Waals surface area contributed by atoms with Crippen molar-refractivity contribution in [3.8, 4) is 0 Å². The molecule has 2 atom stereocenters. The standard InChI is InChI=1S/C5H10N2O3S/c1-11-6-2-4(3-8)7(11)5(9)10/h4,8H,2-3H2,1H3,(H,9,10)/t4-,11?/m0/s1. The molecule has 0 aromatic carbocycles. The summed E-state index contributed by atoms with van der Waals surface area (Å²) in [6.45, 7) is 0.350. The second-order valence-electron chi connectivity index (χ2n) is 2.25. The van der Waals surface area contributed by atoms with E-state index in [1.54, 1.807) is 6.26 Å². The molecule has 5 nitrogen and oxygen atoms in total. The Bertz CT molecular complexity index is 166. The molecule has 0 bridgehead atoms. The molecule has 64 valence electrons. The highest BCUT2D eigenvalue weighted by atomic mass is 32.2. The molecule has 1 unspecified atom stereocenters. The molecule has 2 N–H and O–H groups in total. The van der Waals surface area contributed by atoms with Crippen LogP contribution in [0.15, 0.2) is 0 Å². The fourth-order valence-electron chi connectivity index (χ4n) is 0.992. The first-order valence-corrected chi connectivity index (χ1v) is 4.76. The van der Waals surface area contributed by atoms with Crippen LogP contribution in [-0.2, 0) is 11.3 Å². The van der Waals surface area contributed by atoms with E-state index in [-0.39, 0.29) is 12.6 Å². The van der Waals surface area contributed by atoms with E-state index in [0.29, 0.717) is 6.54 Å². The molecule has 6 heteroatoms. The lowest BCUT2D eigenvalue weighted by molar-refractivity contribution is -0.260. The zero-order valence-corrected chi connectivity index (χ0v) is 6.93. The first-order chi connectivity index (χ1) is 5.16. The van der Waals surface area contributed by atoms with Crippen LogP contribution in [0.2, 0.25) is 0 Å². The summed E-state index contributed by atoms with van der Waals surface area (Å²) in [5.74, 6) is 0. The number of amides is 1. The van der Waals surface area contributed by atoms with Crippen molar-refractivity contribution in [2.24, 2.45) is 0 Å². The molecule has 1 aliphatic rings. The predicted molar refractivity (Wildman–Crippen MR) is 39.4 cm³/mol. The van der Waals surface area contributed by atoms with Crippen LogP contribution in [0.5, 0.6) is 0 Å². The average molecular weight is 178 g/mol. The Hall–Kier alpha value is -0.460. The van der Waals surface area contributed by atoms with Crippen LogP contribution in [0.3, 0.4) is 0 Å². The van der Waals surface area contributed by atoms with E-state index >= 15 is 0 Å². The summed E-state index contributed by atoms with van der Waals surface area (Å²) >= 11 is -0.509. The molecule has 0 saturated carbocycles. The van der Waals surface area contributed by atoms with Gasteiger partial charge in [-0.3, -0.25) is 0 Å². The lowest BCUT2D eigenvalue weighted by Gasteiger charge is -2.18. The molecule has 0 radical (unpaired) electrons. The molecule has 1 saturated heterocycles. The fourth-order valence-corrected chi connectivity index (χ4v) is 2.38. The van der Waals surface area contributed by atoms with Crippen LogP contribution in [0.1, 0.15) is 0 Å². The van der Waals surface area contributed by atoms with Gasteiger partial charge in [0.1, 0.15) is 12.3 Å². The number of carbonyl (C=O) groups excluding carboxylic acids is 1. The monoisotopic (exact) mass is 178 g/mol. The average Bonchev–Trinajstić information content (AvgIpc) is 2.30. The summed E-state index contributed by atoms with van der Waals surface area (Å²) in [6.07, 6.45) is 0.519. The number of rotatable bonds is 1. The topological polar surface area (TPSA) is 75.6 Å². The van der Waals surface area contributed by atoms with Gasteiger partial charge < -0.3 is 15.0 Å². The molecule has 11 heavy (non-hydrogen) atoms. The molecular formula is C5H10N2O3S. The Labute approximate surface area is 67.6 Å². The molecule has 1 rings (SSSR count). The number of nitrogens with one attached hydrogen (secondary N) is 1. The molecule has 0 aromatic rings. The van der Waals surface area contributed by atoms with Gasteiger partial charge in [-0.25, -0.2) is 0 Å². The molecule has 0 aliphatic carbocycles. The molecule has 1 fully saturated rings. The zero-order valence-electron chi connectivity index (χ0n) is 6.11. The molecule has 0 spiro atoms. The normalized spacial score (nSPS) is 30.9. The third kappa shape index (κ3) is 1.58. The highest BCUT2D eigenvalue weighted by Gasteiger charge is 2.39. The van der Waals surface area contributed by atoms with Crippen LogP contribution in [0.25, 0.3) is 0 Å². The van der Waals surface area contributed by atoms with Gasteiger partial charge in [-0.05, 0) is 0 Å². The number of hydrogen-bond acceptors (Lipinski definition) is 4. The number of nitrogens with zero attached hydrogens (tertiary/aromatic N) is 1. The number of aliphatic hydroxyl groups is 1. The number of hydrogen-bond donors (Lipinski definition) is 2. The van der Waals surface area contributed by atoms with Gasteiger partial charge in [0.25, 0.3) is 0 Å². The smallest absolute Gasteiger partial charge is 0.191 e. The van der Waals surface area contributed by atoms with Crippen LogP contribution >= 0.6 is 0 Å². The fraction of sp³-hybridized carbons (Fsp3) is 0.800. The van der Waals surface area contributed by atoms with Gasteiger partial charge >= 0.3 is 0 Å². The summed E-state index contributed by atoms with van der Waals surface area (Å²) in [4.78, 5) is 10.5. The second-order valence-corrected chi connectivity index (χ2v) is 3.89. The Morgan fingerprint density at radius 3 is 3.00 bits per heavy atom. The van der Waals surface area contributed by atoms with E-state index in [9.17, 15) is 9.90 Å². The third-order valence-electron chi connectivity index (χ3n) is 1.55. The Balaban J connectivity index is 2.63. The van der Waals surface area contributed by atoms with Crippen molar-refractivity contribution in [1.82, 2.24) is 9.03 Å². The number of carboxylic acid groups (broad SMARTS) is 1. The lowest BCUT2D eigenvalue weighted by atomic mass is 10.3. The maximum atomic E-state index is 10.5. The largest absolute Gasteiger partial charge is 0.527 e. The molecule has 0 aromatic heterocycles. The van der Waals surface area contributed by atoms with Crippen molar-refractivity contribution in [1.29, 1.82) is 0 Å². The quantitative estimate of drug-likeness (QED) is 0.442. The van der Waals surface area contributed by atoms with Crippen molar-refractivity contribution in [2.75, 3.05) is 19.4 Å². The van der Waals surface area contributed by atoms with Crippen LogP contribution < -0.4 is 9.83 Å². The van der Waals surface area contributed by atoms with Crippen LogP contribution in [-0.4, -0.2) is 41.0 Å². The van der Waals surface area contributed by atoms with Crippen LogP contribution in [0, 0.1) is 0 Å². The molecule has 1 amide bonds. The van der Waals surface area contributed by atoms with Crippen molar-refractivity contribution < 1.29 is 15.0 Å². The first-order valence-electron chi connectivity index (χ1n) is 3.17. The van der Waals surface area contributed by atoms with E-state index < -0.39 is 17.4 Å². The van der Waals surface area contributed by atoms with E-state index in [0.717, 1.165) is 4.31 Å². The van der Waals surface area contributed by atoms with Gasteiger partial charge in [0.15, 0.2) is 17.4 Å². The van der Waals surface area contributed by atoms with Crippen LogP contribution in [0.4, 0.5) is 4.79 Å². The first kappa shape index (κ1) is 8.63. The summed E-state index contributed by atoms with van der Waals surface area (Å²) in [5.41, 5.74) is 0. The number of aliphatic hydroxyl groups excluding tert-OH is 1. The predicted octanol–water partition coefficient (Wildman–Crippen LogP) is -2.33. The second kappa shape index (κ2) is 3.29. The minimum Gasteiger partial charge on any atom is -0.527 e. The Kier molecular flexibility index (Phi) is 2.58. The maximum absolute atomic E-state index is 10.5. The van der Waals surface area contributed by atoms with Gasteiger partial charge in [0.2, 0.25) is 0 Å². The maximum Gasteiger partial charge on any atom is 0.191 e. The van der Waals surface area contributed by atoms with Gasteiger partial charge in [-0.2, -0.15) is 4.31 Å². The zero-order chi connectivity index (χ0) is 8.43. The van der Waals surface area contributed by atoms with E-state index in [4.69, 9.17) is 5.11 Å². The summed E-state index contributed by atoms with van der Waals surface area (Å²) < 4.78 is 4.06. The van der Waals surface area contributed by atoms with E-state index in [1.807, 2.05) is 0 Å². The van der Waals surface area contributed by atoms with E-state index in [2.05, 4.69) is 4.72 Å². The lowest BCUT2D eigenvalue weighted by Crippen LogP contribution is -2.48. The summed E-state index contributed by atoms with van der Waals surface area (Å²) in [7, 11) is 0. The summed E-state index contributed by atoms with van der Waals surface area (Å²) in [5, 5.41) is 19.2. The van der Waals surface area contributed by atoms with Crippen molar-refractivity contribution in [2.45, 2.75) is 6.04 Å². The Morgan fingerprint density at radius 1 is 2.00 bits per heavy atom. The SMILES string of the molecule is C[S+]1NC[C@@H](CO)N1C(=O)[O-]. The van der Waals surface area contributed by atoms with E-state index in [1.165, 1.54) is 0 Å². The number of carbonyl (C=O) groups is 1. The van der Waals surface area contributed by atoms with Gasteiger partial charge in [0, 0.05) is 0 Å². The minimum absolute atomic E-state index is 0.154. The summed E-state index contributed by atoms with van der Waals surface area (Å²) in [6, 6.07) is -0.340. The van der Waals surface area contributed by atoms with Gasteiger partial charge in [0.05, 0.1) is 13.2 Å².